The second kappa shape index (κ2) is 7.74. The van der Waals surface area contributed by atoms with Crippen LogP contribution >= 0.6 is 0 Å². The van der Waals surface area contributed by atoms with Gasteiger partial charge in [0.1, 0.15) is 0 Å². The van der Waals surface area contributed by atoms with E-state index < -0.39 is 20.7 Å². The number of nitrogens with zero attached hydrogens (tertiary/aromatic N) is 2. The molecule has 3 heterocycles. The number of nitrogens with one attached hydrogen (secondary N) is 2. The molecule has 1 aliphatic carbocycles. The van der Waals surface area contributed by atoms with Gasteiger partial charge in [-0.1, -0.05) is 0 Å². The van der Waals surface area contributed by atoms with Crippen molar-refractivity contribution in [3.63, 3.8) is 0 Å². The second-order valence-corrected chi connectivity index (χ2v) is 11.5. The van der Waals surface area contributed by atoms with Crippen LogP contribution in [0.2, 0.25) is 0 Å². The summed E-state index contributed by atoms with van der Waals surface area (Å²) in [4.78, 5) is 11.6. The van der Waals surface area contributed by atoms with E-state index in [1.165, 1.54) is 12.3 Å². The van der Waals surface area contributed by atoms with Crippen LogP contribution in [0.5, 0.6) is 0 Å². The topological polar surface area (TPSA) is 87.7 Å². The molecule has 0 atom stereocenters. The zero-order valence-electron chi connectivity index (χ0n) is 17.4. The Morgan fingerprint density at radius 3 is 2.43 bits per heavy atom. The molecule has 30 heavy (non-hydrogen) atoms. The van der Waals surface area contributed by atoms with Gasteiger partial charge in [0.25, 0.3) is 0 Å². The van der Waals surface area contributed by atoms with Crippen molar-refractivity contribution < 1.29 is 12.8 Å². The number of sulfonamides is 1. The first-order valence-electron chi connectivity index (χ1n) is 10.2. The zero-order valence-corrected chi connectivity index (χ0v) is 18.3. The van der Waals surface area contributed by atoms with Crippen molar-refractivity contribution in [2.75, 3.05) is 0 Å². The van der Waals surface area contributed by atoms with E-state index in [1.807, 2.05) is 6.07 Å². The SMILES string of the molecule is CC(C)(C)S(=O)(=O)N[C@H]1CC[C@H](c2cc3cc(-c4ccc(F)nc4)ncc3[nH]2)CC1. The van der Waals surface area contributed by atoms with Gasteiger partial charge >= 0.3 is 0 Å². The van der Waals surface area contributed by atoms with Crippen molar-refractivity contribution >= 4 is 20.9 Å². The van der Waals surface area contributed by atoms with Crippen LogP contribution in [-0.2, 0) is 10.0 Å². The molecule has 3 aromatic heterocycles. The molecule has 4 rings (SSSR count). The van der Waals surface area contributed by atoms with Crippen LogP contribution < -0.4 is 4.72 Å². The maximum Gasteiger partial charge on any atom is 0.216 e. The van der Waals surface area contributed by atoms with E-state index >= 15 is 0 Å². The summed E-state index contributed by atoms with van der Waals surface area (Å²) in [7, 11) is -3.33. The highest BCUT2D eigenvalue weighted by Gasteiger charge is 2.33. The second-order valence-electron chi connectivity index (χ2n) is 9.03. The minimum atomic E-state index is -3.33. The maximum absolute atomic E-state index is 13.1. The van der Waals surface area contributed by atoms with Crippen molar-refractivity contribution in [3.8, 4) is 11.3 Å². The number of H-pyrrole nitrogens is 1. The molecule has 1 saturated carbocycles. The molecule has 0 unspecified atom stereocenters. The largest absolute Gasteiger partial charge is 0.357 e. The first kappa shape index (κ1) is 20.9. The molecule has 6 nitrogen and oxygen atoms in total. The van der Waals surface area contributed by atoms with Crippen molar-refractivity contribution in [2.45, 2.75) is 63.2 Å². The maximum atomic E-state index is 13.1. The molecule has 160 valence electrons. The van der Waals surface area contributed by atoms with Gasteiger partial charge in [0.2, 0.25) is 16.0 Å². The lowest BCUT2D eigenvalue weighted by Crippen LogP contribution is -2.45. The summed E-state index contributed by atoms with van der Waals surface area (Å²) in [6.07, 6.45) is 6.76. The van der Waals surface area contributed by atoms with Gasteiger partial charge in [-0.25, -0.2) is 18.1 Å². The zero-order chi connectivity index (χ0) is 21.5. The van der Waals surface area contributed by atoms with E-state index in [4.69, 9.17) is 0 Å². The Labute approximate surface area is 176 Å². The number of aromatic amines is 1. The van der Waals surface area contributed by atoms with Crippen molar-refractivity contribution in [3.05, 3.63) is 48.3 Å². The van der Waals surface area contributed by atoms with Gasteiger partial charge in [-0.15, -0.1) is 0 Å². The summed E-state index contributed by atoms with van der Waals surface area (Å²) in [5.74, 6) is -0.145. The lowest BCUT2D eigenvalue weighted by atomic mass is 9.84. The van der Waals surface area contributed by atoms with Gasteiger partial charge in [0.05, 0.1) is 22.2 Å². The highest BCUT2D eigenvalue weighted by molar-refractivity contribution is 7.90. The van der Waals surface area contributed by atoms with Crippen LogP contribution in [0.15, 0.2) is 36.7 Å². The Hall–Kier alpha value is -2.32. The Morgan fingerprint density at radius 2 is 1.80 bits per heavy atom. The summed E-state index contributed by atoms with van der Waals surface area (Å²) >= 11 is 0. The molecule has 0 spiro atoms. The molecule has 0 aromatic carbocycles. The molecule has 3 aromatic rings. The molecule has 0 aliphatic heterocycles. The molecule has 0 saturated heterocycles. The van der Waals surface area contributed by atoms with Gasteiger partial charge in [-0.3, -0.25) is 4.98 Å². The third kappa shape index (κ3) is 4.25. The molecule has 1 fully saturated rings. The molecular weight excluding hydrogens is 403 g/mol. The summed E-state index contributed by atoms with van der Waals surface area (Å²) < 4.78 is 40.0. The smallest absolute Gasteiger partial charge is 0.216 e. The van der Waals surface area contributed by atoms with Crippen molar-refractivity contribution in [2.24, 2.45) is 0 Å². The molecule has 0 radical (unpaired) electrons. The van der Waals surface area contributed by atoms with Crippen LogP contribution in [-0.4, -0.2) is 34.2 Å². The third-order valence-electron chi connectivity index (χ3n) is 5.84. The average Bonchev–Trinajstić information content (AvgIpc) is 3.11. The Morgan fingerprint density at radius 1 is 1.07 bits per heavy atom. The van der Waals surface area contributed by atoms with Crippen LogP contribution in [0, 0.1) is 5.95 Å². The third-order valence-corrected chi connectivity index (χ3v) is 8.10. The molecule has 8 heteroatoms. The number of hydrogen-bond donors (Lipinski definition) is 2. The van der Waals surface area contributed by atoms with E-state index in [0.29, 0.717) is 5.92 Å². The van der Waals surface area contributed by atoms with E-state index in [9.17, 15) is 12.8 Å². The summed E-state index contributed by atoms with van der Waals surface area (Å²) in [5.41, 5.74) is 3.63. The van der Waals surface area contributed by atoms with E-state index in [1.54, 1.807) is 33.0 Å². The highest BCUT2D eigenvalue weighted by Crippen LogP contribution is 2.35. The minimum Gasteiger partial charge on any atom is -0.357 e. The Kier molecular flexibility index (Phi) is 5.40. The standard InChI is InChI=1S/C22H27FN4O2S/c1-22(2,3)30(28,29)27-17-7-4-14(5-8-17)19-11-16-10-18(24-13-20(16)26-19)15-6-9-21(23)25-12-15/h6,9-14,17,26-27H,4-5,7-8H2,1-3H3/t14-,17-. The van der Waals surface area contributed by atoms with Crippen LogP contribution in [0.4, 0.5) is 4.39 Å². The molecule has 0 bridgehead atoms. The molecule has 1 aliphatic rings. The summed E-state index contributed by atoms with van der Waals surface area (Å²) in [5, 5.41) is 1.05. The lowest BCUT2D eigenvalue weighted by molar-refractivity contribution is 0.368. The Bertz CT molecular complexity index is 1140. The van der Waals surface area contributed by atoms with Crippen molar-refractivity contribution in [1.29, 1.82) is 0 Å². The number of aromatic nitrogens is 3. The van der Waals surface area contributed by atoms with E-state index in [0.717, 1.165) is 53.5 Å². The fourth-order valence-corrected chi connectivity index (χ4v) is 4.91. The predicted molar refractivity (Wildman–Crippen MR) is 116 cm³/mol. The molecule has 2 N–H and O–H groups in total. The van der Waals surface area contributed by atoms with Gasteiger partial charge in [0, 0.05) is 28.9 Å². The predicted octanol–water partition coefficient (Wildman–Crippen LogP) is 4.51. The lowest BCUT2D eigenvalue weighted by Gasteiger charge is -2.31. The van der Waals surface area contributed by atoms with Crippen LogP contribution in [0.3, 0.4) is 0 Å². The minimum absolute atomic E-state index is 0.00546. The van der Waals surface area contributed by atoms with Crippen molar-refractivity contribution in [1.82, 2.24) is 19.7 Å². The number of fused-ring (bicyclic) bond motifs is 1. The first-order chi connectivity index (χ1) is 14.1. The first-order valence-corrected chi connectivity index (χ1v) is 11.7. The Balaban J connectivity index is 1.46. The van der Waals surface area contributed by atoms with Crippen LogP contribution in [0.1, 0.15) is 58.1 Å². The highest BCUT2D eigenvalue weighted by atomic mass is 32.2. The van der Waals surface area contributed by atoms with Crippen LogP contribution in [0.25, 0.3) is 22.2 Å². The fraction of sp³-hybridized carbons (Fsp3) is 0.455. The average molecular weight is 431 g/mol. The number of pyridine rings is 2. The van der Waals surface area contributed by atoms with E-state index in [2.05, 4.69) is 25.7 Å². The van der Waals surface area contributed by atoms with Gasteiger partial charge in [0.15, 0.2) is 0 Å². The quantitative estimate of drug-likeness (QED) is 0.596. The van der Waals surface area contributed by atoms with E-state index in [-0.39, 0.29) is 6.04 Å². The molecule has 0 amide bonds. The van der Waals surface area contributed by atoms with Gasteiger partial charge in [-0.05, 0) is 76.6 Å². The summed E-state index contributed by atoms with van der Waals surface area (Å²) in [6, 6.07) is 7.11. The van der Waals surface area contributed by atoms with Gasteiger partial charge < -0.3 is 4.98 Å². The molecular formula is C22H27FN4O2S. The fourth-order valence-electron chi connectivity index (χ4n) is 3.88. The summed E-state index contributed by atoms with van der Waals surface area (Å²) in [6.45, 7) is 5.15. The number of rotatable bonds is 4. The monoisotopic (exact) mass is 430 g/mol. The normalized spacial score (nSPS) is 20.5. The number of halogens is 1. The number of hydrogen-bond acceptors (Lipinski definition) is 4. The van der Waals surface area contributed by atoms with Gasteiger partial charge in [-0.2, -0.15) is 4.39 Å².